The maximum absolute atomic E-state index is 9.69. The van der Waals surface area contributed by atoms with Gasteiger partial charge in [0.1, 0.15) is 0 Å². The highest BCUT2D eigenvalue weighted by Crippen LogP contribution is 2.37. The standard InChI is InChI=1S/C12H17NO3/c1-15-10-7-9(5-3-4-6-13)8-11(16-2)12(10)14/h3,5,7-8,14H,4,6,13H2,1-2H3/b5-3+. The van der Waals surface area contributed by atoms with Crippen LogP contribution in [0.5, 0.6) is 17.2 Å². The van der Waals surface area contributed by atoms with Crippen molar-refractivity contribution in [2.75, 3.05) is 20.8 Å². The Kier molecular flexibility index (Phi) is 4.66. The van der Waals surface area contributed by atoms with E-state index in [1.165, 1.54) is 14.2 Å². The Morgan fingerprint density at radius 2 is 1.81 bits per heavy atom. The summed E-state index contributed by atoms with van der Waals surface area (Å²) in [5, 5.41) is 9.69. The molecule has 0 unspecified atom stereocenters. The average Bonchev–Trinajstić information content (AvgIpc) is 2.31. The molecule has 0 atom stereocenters. The summed E-state index contributed by atoms with van der Waals surface area (Å²) in [6, 6.07) is 3.48. The molecule has 3 N–H and O–H groups in total. The molecule has 1 aromatic rings. The van der Waals surface area contributed by atoms with E-state index in [0.29, 0.717) is 18.0 Å². The summed E-state index contributed by atoms with van der Waals surface area (Å²) in [5.41, 5.74) is 6.29. The molecule has 4 heteroatoms. The summed E-state index contributed by atoms with van der Waals surface area (Å²) in [5.74, 6) is 0.805. The summed E-state index contributed by atoms with van der Waals surface area (Å²) in [7, 11) is 3.00. The molecule has 88 valence electrons. The fourth-order valence-corrected chi connectivity index (χ4v) is 1.33. The highest BCUT2D eigenvalue weighted by atomic mass is 16.5. The molecule has 1 rings (SSSR count). The van der Waals surface area contributed by atoms with E-state index in [9.17, 15) is 5.11 Å². The molecule has 0 aromatic heterocycles. The molecule has 0 saturated carbocycles. The predicted molar refractivity (Wildman–Crippen MR) is 63.9 cm³/mol. The molecule has 0 saturated heterocycles. The zero-order valence-corrected chi connectivity index (χ0v) is 9.56. The molecule has 0 radical (unpaired) electrons. The van der Waals surface area contributed by atoms with Gasteiger partial charge in [0.25, 0.3) is 0 Å². The minimum Gasteiger partial charge on any atom is -0.502 e. The lowest BCUT2D eigenvalue weighted by molar-refractivity contribution is 0.340. The molecule has 16 heavy (non-hydrogen) atoms. The Hall–Kier alpha value is -1.68. The van der Waals surface area contributed by atoms with Crippen molar-refractivity contribution < 1.29 is 14.6 Å². The summed E-state index contributed by atoms with van der Waals surface area (Å²) in [4.78, 5) is 0. The van der Waals surface area contributed by atoms with Gasteiger partial charge in [-0.2, -0.15) is 0 Å². The number of ether oxygens (including phenoxy) is 2. The van der Waals surface area contributed by atoms with Gasteiger partial charge in [0, 0.05) is 0 Å². The molecule has 0 aliphatic rings. The van der Waals surface area contributed by atoms with E-state index in [0.717, 1.165) is 12.0 Å². The van der Waals surface area contributed by atoms with Crippen LogP contribution in [-0.4, -0.2) is 25.9 Å². The summed E-state index contributed by atoms with van der Waals surface area (Å²) in [6.45, 7) is 0.614. The van der Waals surface area contributed by atoms with Crippen LogP contribution in [-0.2, 0) is 0 Å². The first-order chi connectivity index (χ1) is 7.72. The third-order valence-corrected chi connectivity index (χ3v) is 2.15. The van der Waals surface area contributed by atoms with Gasteiger partial charge < -0.3 is 20.3 Å². The van der Waals surface area contributed by atoms with Gasteiger partial charge in [-0.15, -0.1) is 0 Å². The van der Waals surface area contributed by atoms with Gasteiger partial charge in [0.15, 0.2) is 11.5 Å². The number of rotatable bonds is 5. The van der Waals surface area contributed by atoms with Crippen LogP contribution in [0.15, 0.2) is 18.2 Å². The first kappa shape index (κ1) is 12.4. The second-order valence-electron chi connectivity index (χ2n) is 3.25. The Labute approximate surface area is 95.3 Å². The SMILES string of the molecule is COc1cc(/C=C/CCN)cc(OC)c1O. The second kappa shape index (κ2) is 6.02. The van der Waals surface area contributed by atoms with Crippen LogP contribution in [0.2, 0.25) is 0 Å². The van der Waals surface area contributed by atoms with Gasteiger partial charge in [-0.1, -0.05) is 12.2 Å². The van der Waals surface area contributed by atoms with E-state index in [2.05, 4.69) is 0 Å². The van der Waals surface area contributed by atoms with E-state index < -0.39 is 0 Å². The maximum Gasteiger partial charge on any atom is 0.200 e. The van der Waals surface area contributed by atoms with Crippen molar-refractivity contribution in [3.63, 3.8) is 0 Å². The van der Waals surface area contributed by atoms with Crippen LogP contribution in [0.25, 0.3) is 6.08 Å². The molecule has 0 fully saturated rings. The highest BCUT2D eigenvalue weighted by molar-refractivity contribution is 5.61. The minimum atomic E-state index is 0.0148. The average molecular weight is 223 g/mol. The third kappa shape index (κ3) is 2.90. The van der Waals surface area contributed by atoms with Crippen molar-refractivity contribution in [2.45, 2.75) is 6.42 Å². The summed E-state index contributed by atoms with van der Waals surface area (Å²) >= 11 is 0. The topological polar surface area (TPSA) is 64.7 Å². The lowest BCUT2D eigenvalue weighted by atomic mass is 10.1. The number of benzene rings is 1. The van der Waals surface area contributed by atoms with Crippen LogP contribution in [0, 0.1) is 0 Å². The van der Waals surface area contributed by atoms with E-state index >= 15 is 0 Å². The van der Waals surface area contributed by atoms with Crippen molar-refractivity contribution in [3.8, 4) is 17.2 Å². The van der Waals surface area contributed by atoms with Crippen molar-refractivity contribution in [3.05, 3.63) is 23.8 Å². The molecule has 0 amide bonds. The molecular weight excluding hydrogens is 206 g/mol. The first-order valence-electron chi connectivity index (χ1n) is 5.04. The van der Waals surface area contributed by atoms with Gasteiger partial charge in [-0.3, -0.25) is 0 Å². The smallest absolute Gasteiger partial charge is 0.200 e. The van der Waals surface area contributed by atoms with Crippen molar-refractivity contribution >= 4 is 6.08 Å². The molecule has 4 nitrogen and oxygen atoms in total. The summed E-state index contributed by atoms with van der Waals surface area (Å²) < 4.78 is 10.1. The quantitative estimate of drug-likeness (QED) is 0.798. The lowest BCUT2D eigenvalue weighted by Gasteiger charge is -2.09. The molecule has 1 aromatic carbocycles. The molecule has 0 bridgehead atoms. The van der Waals surface area contributed by atoms with E-state index in [4.69, 9.17) is 15.2 Å². The van der Waals surface area contributed by atoms with Gasteiger partial charge >= 0.3 is 0 Å². The lowest BCUT2D eigenvalue weighted by Crippen LogP contribution is -1.95. The van der Waals surface area contributed by atoms with Crippen molar-refractivity contribution in [1.82, 2.24) is 0 Å². The minimum absolute atomic E-state index is 0.0148. The second-order valence-corrected chi connectivity index (χ2v) is 3.25. The Balaban J connectivity index is 3.02. The number of phenols is 1. The fourth-order valence-electron chi connectivity index (χ4n) is 1.33. The van der Waals surface area contributed by atoms with E-state index in [1.807, 2.05) is 12.2 Å². The zero-order chi connectivity index (χ0) is 12.0. The number of nitrogens with two attached hydrogens (primary N) is 1. The Bertz CT molecular complexity index is 350. The molecule has 0 heterocycles. The Morgan fingerprint density at radius 1 is 1.25 bits per heavy atom. The Morgan fingerprint density at radius 3 is 2.25 bits per heavy atom. The van der Waals surface area contributed by atoms with Crippen LogP contribution >= 0.6 is 0 Å². The van der Waals surface area contributed by atoms with Crippen LogP contribution < -0.4 is 15.2 Å². The molecule has 0 aliphatic carbocycles. The predicted octanol–water partition coefficient (Wildman–Crippen LogP) is 1.77. The van der Waals surface area contributed by atoms with Gasteiger partial charge in [-0.25, -0.2) is 0 Å². The van der Waals surface area contributed by atoms with Gasteiger partial charge in [0.05, 0.1) is 14.2 Å². The first-order valence-corrected chi connectivity index (χ1v) is 5.04. The maximum atomic E-state index is 9.69. The van der Waals surface area contributed by atoms with Crippen LogP contribution in [0.3, 0.4) is 0 Å². The fraction of sp³-hybridized carbons (Fsp3) is 0.333. The number of hydrogen-bond donors (Lipinski definition) is 2. The van der Waals surface area contributed by atoms with Crippen LogP contribution in [0.1, 0.15) is 12.0 Å². The largest absolute Gasteiger partial charge is 0.502 e. The van der Waals surface area contributed by atoms with Gasteiger partial charge in [-0.05, 0) is 30.7 Å². The molecule has 0 aliphatic heterocycles. The number of phenolic OH excluding ortho intramolecular Hbond substituents is 1. The van der Waals surface area contributed by atoms with E-state index in [-0.39, 0.29) is 5.75 Å². The highest BCUT2D eigenvalue weighted by Gasteiger charge is 2.09. The number of hydrogen-bond acceptors (Lipinski definition) is 4. The molecular formula is C12H17NO3. The van der Waals surface area contributed by atoms with E-state index in [1.54, 1.807) is 12.1 Å². The third-order valence-electron chi connectivity index (χ3n) is 2.15. The number of methoxy groups -OCH3 is 2. The number of aromatic hydroxyl groups is 1. The van der Waals surface area contributed by atoms with Crippen molar-refractivity contribution in [1.29, 1.82) is 0 Å². The monoisotopic (exact) mass is 223 g/mol. The van der Waals surface area contributed by atoms with Crippen molar-refractivity contribution in [2.24, 2.45) is 5.73 Å². The normalized spacial score (nSPS) is 10.7. The zero-order valence-electron chi connectivity index (χ0n) is 9.56. The summed E-state index contributed by atoms with van der Waals surface area (Å²) in [6.07, 6.45) is 4.69. The molecule has 0 spiro atoms. The van der Waals surface area contributed by atoms with Gasteiger partial charge in [0.2, 0.25) is 5.75 Å². The van der Waals surface area contributed by atoms with Crippen LogP contribution in [0.4, 0.5) is 0 Å².